The number of carbonyl (C=O) groups excluding carboxylic acids is 1. The zero-order valence-corrected chi connectivity index (χ0v) is 10.2. The van der Waals surface area contributed by atoms with Gasteiger partial charge in [0.1, 0.15) is 11.9 Å². The Morgan fingerprint density at radius 3 is 2.89 bits per heavy atom. The first-order valence-electron chi connectivity index (χ1n) is 6.18. The van der Waals surface area contributed by atoms with Gasteiger partial charge in [-0.1, -0.05) is 6.07 Å². The molecule has 0 aliphatic carbocycles. The summed E-state index contributed by atoms with van der Waals surface area (Å²) in [5.74, 6) is -0.689. The highest BCUT2D eigenvalue weighted by molar-refractivity contribution is 5.84. The maximum Gasteiger partial charge on any atom is 0.240 e. The number of rotatable bonds is 3. The number of hydrogen-bond donors (Lipinski definition) is 2. The maximum absolute atomic E-state index is 13.7. The van der Waals surface area contributed by atoms with Crippen LogP contribution in [0.2, 0.25) is 0 Å². The van der Waals surface area contributed by atoms with Crippen LogP contribution in [0.25, 0.3) is 0 Å². The van der Waals surface area contributed by atoms with E-state index in [2.05, 4.69) is 0 Å². The summed E-state index contributed by atoms with van der Waals surface area (Å²) in [5, 5.41) is 0. The van der Waals surface area contributed by atoms with Crippen molar-refractivity contribution in [1.29, 1.82) is 0 Å². The topological polar surface area (TPSA) is 72.3 Å². The summed E-state index contributed by atoms with van der Waals surface area (Å²) in [5.41, 5.74) is 12.2. The molecule has 4 nitrogen and oxygen atoms in total. The quantitative estimate of drug-likeness (QED) is 0.845. The van der Waals surface area contributed by atoms with Crippen molar-refractivity contribution in [2.75, 3.05) is 11.4 Å². The molecule has 5 heteroatoms. The normalized spacial score (nSPS) is 19.9. The Morgan fingerprint density at radius 1 is 1.44 bits per heavy atom. The Kier molecular flexibility index (Phi) is 3.81. The molecular formula is C13H18FN3O. The summed E-state index contributed by atoms with van der Waals surface area (Å²) >= 11 is 0. The maximum atomic E-state index is 13.7. The van der Waals surface area contributed by atoms with Crippen LogP contribution in [0.15, 0.2) is 18.2 Å². The fourth-order valence-corrected chi connectivity index (χ4v) is 2.53. The number of amides is 1. The molecule has 1 saturated heterocycles. The van der Waals surface area contributed by atoms with Crippen LogP contribution in [0.5, 0.6) is 0 Å². The van der Waals surface area contributed by atoms with Crippen molar-refractivity contribution in [1.82, 2.24) is 0 Å². The Bertz CT molecular complexity index is 450. The Hall–Kier alpha value is -1.62. The molecule has 1 unspecified atom stereocenters. The number of nitrogens with two attached hydrogens (primary N) is 2. The molecule has 0 aromatic heterocycles. The summed E-state index contributed by atoms with van der Waals surface area (Å²) in [6, 6.07) is 4.46. The van der Waals surface area contributed by atoms with Crippen molar-refractivity contribution in [2.45, 2.75) is 31.8 Å². The van der Waals surface area contributed by atoms with Crippen molar-refractivity contribution >= 4 is 11.6 Å². The van der Waals surface area contributed by atoms with E-state index in [1.807, 2.05) is 4.90 Å². The van der Waals surface area contributed by atoms with Crippen LogP contribution in [-0.2, 0) is 11.3 Å². The van der Waals surface area contributed by atoms with Crippen molar-refractivity contribution in [3.63, 3.8) is 0 Å². The van der Waals surface area contributed by atoms with E-state index in [1.54, 1.807) is 12.1 Å². The van der Waals surface area contributed by atoms with Gasteiger partial charge in [-0.05, 0) is 31.4 Å². The van der Waals surface area contributed by atoms with Crippen LogP contribution < -0.4 is 16.4 Å². The molecule has 2 rings (SSSR count). The fourth-order valence-electron chi connectivity index (χ4n) is 2.53. The standard InChI is InChI=1S/C13H18FN3O/c14-10-4-3-6-11(9(10)8-15)17-7-2-1-5-12(17)13(16)18/h3-4,6,12H,1-2,5,7-8,15H2,(H2,16,18). The molecule has 4 N–H and O–H groups in total. The van der Waals surface area contributed by atoms with Gasteiger partial charge in [-0.25, -0.2) is 4.39 Å². The number of anilines is 1. The molecule has 1 aliphatic rings. The lowest BCUT2D eigenvalue weighted by Gasteiger charge is -2.36. The van der Waals surface area contributed by atoms with Gasteiger partial charge in [-0.15, -0.1) is 0 Å². The summed E-state index contributed by atoms with van der Waals surface area (Å²) in [7, 11) is 0. The second-order valence-corrected chi connectivity index (χ2v) is 4.55. The van der Waals surface area contributed by atoms with Crippen LogP contribution in [0, 0.1) is 5.82 Å². The van der Waals surface area contributed by atoms with Crippen molar-refractivity contribution in [2.24, 2.45) is 11.5 Å². The molecule has 1 aromatic rings. The van der Waals surface area contributed by atoms with Gasteiger partial charge in [-0.2, -0.15) is 0 Å². The lowest BCUT2D eigenvalue weighted by molar-refractivity contribution is -0.119. The molecule has 1 fully saturated rings. The van der Waals surface area contributed by atoms with E-state index in [4.69, 9.17) is 11.5 Å². The van der Waals surface area contributed by atoms with Crippen LogP contribution in [0.1, 0.15) is 24.8 Å². The number of hydrogen-bond acceptors (Lipinski definition) is 3. The molecule has 1 atom stereocenters. The van der Waals surface area contributed by atoms with E-state index < -0.39 is 0 Å². The minimum Gasteiger partial charge on any atom is -0.368 e. The third-order valence-corrected chi connectivity index (χ3v) is 3.44. The minimum atomic E-state index is -0.359. The summed E-state index contributed by atoms with van der Waals surface area (Å²) in [6.45, 7) is 0.827. The molecule has 1 aliphatic heterocycles. The van der Waals surface area contributed by atoms with E-state index >= 15 is 0 Å². The van der Waals surface area contributed by atoms with Crippen molar-refractivity contribution in [3.8, 4) is 0 Å². The Morgan fingerprint density at radius 2 is 2.22 bits per heavy atom. The largest absolute Gasteiger partial charge is 0.368 e. The third-order valence-electron chi connectivity index (χ3n) is 3.44. The average Bonchev–Trinajstić information content (AvgIpc) is 2.38. The highest BCUT2D eigenvalue weighted by Gasteiger charge is 2.28. The van der Waals surface area contributed by atoms with Gasteiger partial charge in [0.05, 0.1) is 0 Å². The predicted molar refractivity (Wildman–Crippen MR) is 68.5 cm³/mol. The Labute approximate surface area is 106 Å². The van der Waals surface area contributed by atoms with E-state index in [9.17, 15) is 9.18 Å². The third kappa shape index (κ3) is 2.31. The zero-order chi connectivity index (χ0) is 13.1. The first kappa shape index (κ1) is 12.8. The molecule has 0 bridgehead atoms. The van der Waals surface area contributed by atoms with E-state index in [-0.39, 0.29) is 24.3 Å². The molecular weight excluding hydrogens is 233 g/mol. The van der Waals surface area contributed by atoms with Crippen LogP contribution in [0.4, 0.5) is 10.1 Å². The smallest absolute Gasteiger partial charge is 0.240 e. The summed E-state index contributed by atoms with van der Waals surface area (Å²) in [4.78, 5) is 13.4. The molecule has 0 radical (unpaired) electrons. The first-order chi connectivity index (χ1) is 8.65. The van der Waals surface area contributed by atoms with E-state index in [0.29, 0.717) is 17.8 Å². The minimum absolute atomic E-state index is 0.115. The molecule has 18 heavy (non-hydrogen) atoms. The van der Waals surface area contributed by atoms with Gasteiger partial charge in [0.25, 0.3) is 0 Å². The number of halogens is 1. The van der Waals surface area contributed by atoms with E-state index in [0.717, 1.165) is 19.3 Å². The second-order valence-electron chi connectivity index (χ2n) is 4.55. The van der Waals surface area contributed by atoms with Gasteiger partial charge in [0, 0.05) is 24.3 Å². The zero-order valence-electron chi connectivity index (χ0n) is 10.2. The van der Waals surface area contributed by atoms with Crippen LogP contribution in [0.3, 0.4) is 0 Å². The lowest BCUT2D eigenvalue weighted by Crippen LogP contribution is -2.48. The summed E-state index contributed by atoms with van der Waals surface area (Å²) in [6.07, 6.45) is 2.66. The fraction of sp³-hybridized carbons (Fsp3) is 0.462. The highest BCUT2D eigenvalue weighted by Crippen LogP contribution is 2.29. The SMILES string of the molecule is NCc1c(F)cccc1N1CCCCC1C(N)=O. The molecule has 1 aromatic carbocycles. The van der Waals surface area contributed by atoms with Crippen LogP contribution in [-0.4, -0.2) is 18.5 Å². The van der Waals surface area contributed by atoms with Crippen molar-refractivity contribution < 1.29 is 9.18 Å². The van der Waals surface area contributed by atoms with Gasteiger partial charge < -0.3 is 16.4 Å². The summed E-state index contributed by atoms with van der Waals surface area (Å²) < 4.78 is 13.7. The average molecular weight is 251 g/mol. The second kappa shape index (κ2) is 5.35. The molecule has 1 amide bonds. The number of primary amides is 1. The molecule has 98 valence electrons. The molecule has 0 spiro atoms. The number of benzene rings is 1. The van der Waals surface area contributed by atoms with E-state index in [1.165, 1.54) is 6.07 Å². The van der Waals surface area contributed by atoms with Gasteiger partial charge in [-0.3, -0.25) is 4.79 Å². The first-order valence-corrected chi connectivity index (χ1v) is 6.18. The van der Waals surface area contributed by atoms with Crippen LogP contribution >= 0.6 is 0 Å². The highest BCUT2D eigenvalue weighted by atomic mass is 19.1. The Balaban J connectivity index is 2.39. The number of carbonyl (C=O) groups is 1. The number of piperidine rings is 1. The van der Waals surface area contributed by atoms with Gasteiger partial charge in [0.15, 0.2) is 0 Å². The molecule has 1 heterocycles. The lowest BCUT2D eigenvalue weighted by atomic mass is 9.99. The predicted octanol–water partition coefficient (Wildman–Crippen LogP) is 1.13. The van der Waals surface area contributed by atoms with Gasteiger partial charge in [0.2, 0.25) is 5.91 Å². The monoisotopic (exact) mass is 251 g/mol. The molecule has 0 saturated carbocycles. The number of nitrogens with zero attached hydrogens (tertiary/aromatic N) is 1. The van der Waals surface area contributed by atoms with Crippen molar-refractivity contribution in [3.05, 3.63) is 29.6 Å². The van der Waals surface area contributed by atoms with Gasteiger partial charge >= 0.3 is 0 Å².